The number of hydrogen-bond acceptors (Lipinski definition) is 4. The van der Waals surface area contributed by atoms with Gasteiger partial charge in [0, 0.05) is 24.4 Å². The molecule has 1 aromatic heterocycles. The van der Waals surface area contributed by atoms with Gasteiger partial charge in [0.1, 0.15) is 0 Å². The maximum atomic E-state index is 12.2. The molecule has 20 heavy (non-hydrogen) atoms. The third kappa shape index (κ3) is 3.70. The Morgan fingerprint density at radius 1 is 1.65 bits per heavy atom. The van der Waals surface area contributed by atoms with Gasteiger partial charge in [-0.25, -0.2) is 4.98 Å². The van der Waals surface area contributed by atoms with E-state index in [2.05, 4.69) is 10.3 Å². The Hall–Kier alpha value is -1.62. The van der Waals surface area contributed by atoms with Gasteiger partial charge in [0.05, 0.1) is 18.2 Å². The number of amides is 1. The second-order valence-corrected chi connectivity index (χ2v) is 5.16. The van der Waals surface area contributed by atoms with Crippen molar-refractivity contribution in [3.8, 4) is 5.88 Å². The minimum atomic E-state index is -0.108. The van der Waals surface area contributed by atoms with Gasteiger partial charge in [0.2, 0.25) is 5.88 Å². The van der Waals surface area contributed by atoms with Crippen LogP contribution in [0.1, 0.15) is 44.0 Å². The quantitative estimate of drug-likeness (QED) is 0.896. The zero-order valence-electron chi connectivity index (χ0n) is 12.3. The number of rotatable bonds is 5. The van der Waals surface area contributed by atoms with Crippen LogP contribution in [0.3, 0.4) is 0 Å². The van der Waals surface area contributed by atoms with Crippen molar-refractivity contribution in [2.45, 2.75) is 51.9 Å². The zero-order chi connectivity index (χ0) is 14.5. The number of carbonyl (C=O) groups is 1. The van der Waals surface area contributed by atoms with E-state index in [4.69, 9.17) is 9.47 Å². The molecule has 1 N–H and O–H groups in total. The van der Waals surface area contributed by atoms with Crippen LogP contribution in [0.15, 0.2) is 18.3 Å². The molecule has 0 bridgehead atoms. The number of carbonyl (C=O) groups excluding carboxylic acids is 1. The van der Waals surface area contributed by atoms with Crippen molar-refractivity contribution in [1.29, 1.82) is 0 Å². The highest BCUT2D eigenvalue weighted by Gasteiger charge is 2.26. The van der Waals surface area contributed by atoms with Crippen molar-refractivity contribution in [2.24, 2.45) is 0 Å². The lowest BCUT2D eigenvalue weighted by molar-refractivity contribution is 0.0865. The van der Waals surface area contributed by atoms with Crippen molar-refractivity contribution < 1.29 is 14.3 Å². The molecule has 5 nitrogen and oxygen atoms in total. The van der Waals surface area contributed by atoms with Gasteiger partial charge >= 0.3 is 0 Å². The van der Waals surface area contributed by atoms with Gasteiger partial charge in [-0.3, -0.25) is 4.79 Å². The number of hydrogen-bond donors (Lipinski definition) is 1. The van der Waals surface area contributed by atoms with Crippen LogP contribution in [0.4, 0.5) is 0 Å². The summed E-state index contributed by atoms with van der Waals surface area (Å²) in [4.78, 5) is 16.3. The predicted molar refractivity (Wildman–Crippen MR) is 75.9 cm³/mol. The van der Waals surface area contributed by atoms with Crippen LogP contribution in [0.25, 0.3) is 0 Å². The Morgan fingerprint density at radius 3 is 3.10 bits per heavy atom. The molecule has 0 aromatic carbocycles. The first-order valence-corrected chi connectivity index (χ1v) is 7.15. The first-order valence-electron chi connectivity index (χ1n) is 7.15. The molecule has 0 saturated carbocycles. The molecule has 2 rings (SSSR count). The standard InChI is InChI=1S/C15H22N2O3/c1-4-10(2)20-14-9-12(5-7-16-14)15(18)17-13-6-8-19-11(13)3/h5,7,9-11,13H,4,6,8H2,1-3H3,(H,17,18)/t10-,11+,13+/m0/s1. The molecule has 1 amide bonds. The summed E-state index contributed by atoms with van der Waals surface area (Å²) >= 11 is 0. The van der Waals surface area contributed by atoms with E-state index >= 15 is 0 Å². The van der Waals surface area contributed by atoms with E-state index < -0.39 is 0 Å². The molecule has 0 unspecified atom stereocenters. The summed E-state index contributed by atoms with van der Waals surface area (Å²) in [6.07, 6.45) is 3.51. The SMILES string of the molecule is CC[C@H](C)Oc1cc(C(=O)N[C@@H]2CCO[C@@H]2C)ccn1. The largest absolute Gasteiger partial charge is 0.475 e. The third-order valence-corrected chi connectivity index (χ3v) is 3.59. The summed E-state index contributed by atoms with van der Waals surface area (Å²) in [5.41, 5.74) is 0.567. The van der Waals surface area contributed by atoms with E-state index in [0.717, 1.165) is 12.8 Å². The minimum absolute atomic E-state index is 0.0663. The molecule has 3 atom stereocenters. The summed E-state index contributed by atoms with van der Waals surface area (Å²) in [6, 6.07) is 3.45. The first kappa shape index (κ1) is 14.8. The Kier molecular flexibility index (Phi) is 4.95. The summed E-state index contributed by atoms with van der Waals surface area (Å²) in [5, 5.41) is 2.99. The second kappa shape index (κ2) is 6.70. The molecular formula is C15H22N2O3. The van der Waals surface area contributed by atoms with Crippen molar-refractivity contribution in [3.63, 3.8) is 0 Å². The van der Waals surface area contributed by atoms with E-state index in [-0.39, 0.29) is 24.2 Å². The van der Waals surface area contributed by atoms with Crippen molar-refractivity contribution >= 4 is 5.91 Å². The maximum Gasteiger partial charge on any atom is 0.251 e. The fourth-order valence-corrected chi connectivity index (χ4v) is 2.08. The Labute approximate surface area is 119 Å². The van der Waals surface area contributed by atoms with Crippen LogP contribution < -0.4 is 10.1 Å². The fourth-order valence-electron chi connectivity index (χ4n) is 2.08. The van der Waals surface area contributed by atoms with Crippen molar-refractivity contribution in [3.05, 3.63) is 23.9 Å². The molecule has 1 aliphatic rings. The lowest BCUT2D eigenvalue weighted by Gasteiger charge is -2.16. The smallest absolute Gasteiger partial charge is 0.251 e. The van der Waals surface area contributed by atoms with Crippen LogP contribution in [0.2, 0.25) is 0 Å². The van der Waals surface area contributed by atoms with E-state index in [0.29, 0.717) is 18.1 Å². The normalized spacial score (nSPS) is 23.4. The first-order chi connectivity index (χ1) is 9.60. The molecule has 1 aromatic rings. The fraction of sp³-hybridized carbons (Fsp3) is 0.600. The molecule has 2 heterocycles. The van der Waals surface area contributed by atoms with Crippen LogP contribution in [0, 0.1) is 0 Å². The molecule has 0 spiro atoms. The molecule has 1 aliphatic heterocycles. The maximum absolute atomic E-state index is 12.2. The Bertz CT molecular complexity index is 464. The Balaban J connectivity index is 2.00. The lowest BCUT2D eigenvalue weighted by atomic mass is 10.1. The van der Waals surface area contributed by atoms with Crippen LogP contribution >= 0.6 is 0 Å². The van der Waals surface area contributed by atoms with E-state index in [9.17, 15) is 4.79 Å². The van der Waals surface area contributed by atoms with Gasteiger partial charge in [-0.05, 0) is 32.8 Å². The molecule has 5 heteroatoms. The van der Waals surface area contributed by atoms with E-state index in [1.54, 1.807) is 18.3 Å². The summed E-state index contributed by atoms with van der Waals surface area (Å²) in [7, 11) is 0. The van der Waals surface area contributed by atoms with Crippen LogP contribution in [-0.2, 0) is 4.74 Å². The van der Waals surface area contributed by atoms with Crippen molar-refractivity contribution in [1.82, 2.24) is 10.3 Å². The van der Waals surface area contributed by atoms with E-state index in [1.807, 2.05) is 20.8 Å². The lowest BCUT2D eigenvalue weighted by Crippen LogP contribution is -2.39. The number of ether oxygens (including phenoxy) is 2. The van der Waals surface area contributed by atoms with Gasteiger partial charge < -0.3 is 14.8 Å². The molecule has 1 fully saturated rings. The van der Waals surface area contributed by atoms with E-state index in [1.165, 1.54) is 0 Å². The van der Waals surface area contributed by atoms with Crippen molar-refractivity contribution in [2.75, 3.05) is 6.61 Å². The Morgan fingerprint density at radius 2 is 2.45 bits per heavy atom. The number of aromatic nitrogens is 1. The third-order valence-electron chi connectivity index (χ3n) is 3.59. The van der Waals surface area contributed by atoms with Gasteiger partial charge in [0.25, 0.3) is 5.91 Å². The highest BCUT2D eigenvalue weighted by molar-refractivity contribution is 5.94. The highest BCUT2D eigenvalue weighted by atomic mass is 16.5. The second-order valence-electron chi connectivity index (χ2n) is 5.16. The number of nitrogens with zero attached hydrogens (tertiary/aromatic N) is 1. The molecule has 1 saturated heterocycles. The minimum Gasteiger partial charge on any atom is -0.475 e. The highest BCUT2D eigenvalue weighted by Crippen LogP contribution is 2.15. The monoisotopic (exact) mass is 278 g/mol. The topological polar surface area (TPSA) is 60.5 Å². The van der Waals surface area contributed by atoms with Crippen LogP contribution in [0.5, 0.6) is 5.88 Å². The zero-order valence-corrected chi connectivity index (χ0v) is 12.3. The number of pyridine rings is 1. The average Bonchev–Trinajstić information content (AvgIpc) is 2.84. The molecule has 0 aliphatic carbocycles. The summed E-state index contributed by atoms with van der Waals surface area (Å²) < 4.78 is 11.1. The summed E-state index contributed by atoms with van der Waals surface area (Å²) in [5.74, 6) is 0.381. The van der Waals surface area contributed by atoms with Crippen LogP contribution in [-0.4, -0.2) is 35.7 Å². The van der Waals surface area contributed by atoms with Gasteiger partial charge in [-0.15, -0.1) is 0 Å². The molecular weight excluding hydrogens is 256 g/mol. The predicted octanol–water partition coefficient (Wildman–Crippen LogP) is 2.17. The molecule has 0 radical (unpaired) electrons. The number of nitrogens with one attached hydrogen (secondary N) is 1. The summed E-state index contributed by atoms with van der Waals surface area (Å²) in [6.45, 7) is 6.70. The molecule has 110 valence electrons. The van der Waals surface area contributed by atoms with Gasteiger partial charge in [-0.1, -0.05) is 6.92 Å². The van der Waals surface area contributed by atoms with Gasteiger partial charge in [0.15, 0.2) is 0 Å². The van der Waals surface area contributed by atoms with Gasteiger partial charge in [-0.2, -0.15) is 0 Å². The average molecular weight is 278 g/mol.